The topological polar surface area (TPSA) is 75.7 Å². The molecule has 1 heterocycles. The molecule has 0 radical (unpaired) electrons. The Labute approximate surface area is 146 Å². The Morgan fingerprint density at radius 2 is 1.92 bits per heavy atom. The lowest BCUT2D eigenvalue weighted by molar-refractivity contribution is -0.128. The van der Waals surface area contributed by atoms with Crippen molar-refractivity contribution in [3.05, 3.63) is 35.6 Å². The maximum Gasteiger partial charge on any atom is 0.407 e. The highest BCUT2D eigenvalue weighted by atomic mass is 19.1. The SMILES string of the molecule is CC(C)(C)OC(=O)NCCN1C(=O)CCC1C(=O)c1ccc(F)cc1. The van der Waals surface area contributed by atoms with Gasteiger partial charge in [0.05, 0.1) is 6.04 Å². The zero-order chi connectivity index (χ0) is 18.6. The molecule has 25 heavy (non-hydrogen) atoms. The Bertz CT molecular complexity index is 652. The van der Waals surface area contributed by atoms with Crippen LogP contribution in [0.3, 0.4) is 0 Å². The Kier molecular flexibility index (Phi) is 5.77. The Hall–Kier alpha value is -2.44. The molecule has 0 spiro atoms. The van der Waals surface area contributed by atoms with Crippen LogP contribution in [0, 0.1) is 5.82 Å². The number of rotatable bonds is 5. The number of Topliss-reactive ketones (excluding diaryl/α,β-unsaturated/α-hetero) is 1. The van der Waals surface area contributed by atoms with Crippen LogP contribution in [-0.2, 0) is 9.53 Å². The molecule has 0 saturated carbocycles. The summed E-state index contributed by atoms with van der Waals surface area (Å²) in [5, 5.41) is 2.58. The fraction of sp³-hybridized carbons (Fsp3) is 0.500. The first kappa shape index (κ1) is 18.9. The van der Waals surface area contributed by atoms with E-state index in [4.69, 9.17) is 4.74 Å². The summed E-state index contributed by atoms with van der Waals surface area (Å²) in [4.78, 5) is 37.7. The van der Waals surface area contributed by atoms with Crippen LogP contribution < -0.4 is 5.32 Å². The summed E-state index contributed by atoms with van der Waals surface area (Å²) in [7, 11) is 0. The molecule has 2 rings (SSSR count). The quantitative estimate of drug-likeness (QED) is 0.828. The van der Waals surface area contributed by atoms with Gasteiger partial charge in [-0.3, -0.25) is 9.59 Å². The number of nitrogens with zero attached hydrogens (tertiary/aromatic N) is 1. The molecule has 1 N–H and O–H groups in total. The van der Waals surface area contributed by atoms with Crippen molar-refractivity contribution in [3.8, 4) is 0 Å². The molecule has 7 heteroatoms. The minimum absolute atomic E-state index is 0.133. The van der Waals surface area contributed by atoms with Gasteiger partial charge in [0.15, 0.2) is 5.78 Å². The molecular formula is C18H23FN2O4. The zero-order valence-electron chi connectivity index (χ0n) is 14.7. The molecule has 1 aromatic rings. The highest BCUT2D eigenvalue weighted by Crippen LogP contribution is 2.22. The second-order valence-corrected chi connectivity index (χ2v) is 6.94. The third kappa shape index (κ3) is 5.27. The van der Waals surface area contributed by atoms with Crippen molar-refractivity contribution < 1.29 is 23.5 Å². The molecule has 136 valence electrons. The standard InChI is InChI=1S/C18H23FN2O4/c1-18(2,3)25-17(24)20-10-11-21-14(8-9-15(21)22)16(23)12-4-6-13(19)7-5-12/h4-7,14H,8-11H2,1-3H3,(H,20,24). The molecule has 1 aliphatic heterocycles. The van der Waals surface area contributed by atoms with Crippen LogP contribution in [0.4, 0.5) is 9.18 Å². The van der Waals surface area contributed by atoms with E-state index < -0.39 is 23.6 Å². The highest BCUT2D eigenvalue weighted by Gasteiger charge is 2.36. The monoisotopic (exact) mass is 350 g/mol. The van der Waals surface area contributed by atoms with E-state index in [1.54, 1.807) is 20.8 Å². The van der Waals surface area contributed by atoms with Crippen molar-refractivity contribution in [2.24, 2.45) is 0 Å². The van der Waals surface area contributed by atoms with E-state index in [1.807, 2.05) is 0 Å². The number of alkyl carbamates (subject to hydrolysis) is 1. The number of ether oxygens (including phenoxy) is 1. The number of likely N-dealkylation sites (tertiary alicyclic amines) is 1. The van der Waals surface area contributed by atoms with Gasteiger partial charge in [-0.15, -0.1) is 0 Å². The van der Waals surface area contributed by atoms with Crippen LogP contribution >= 0.6 is 0 Å². The summed E-state index contributed by atoms with van der Waals surface area (Å²) in [6.45, 7) is 5.68. The van der Waals surface area contributed by atoms with E-state index >= 15 is 0 Å². The first-order valence-corrected chi connectivity index (χ1v) is 8.23. The predicted octanol–water partition coefficient (Wildman–Crippen LogP) is 2.52. The Morgan fingerprint density at radius 1 is 1.28 bits per heavy atom. The number of ketones is 1. The van der Waals surface area contributed by atoms with E-state index in [9.17, 15) is 18.8 Å². The summed E-state index contributed by atoms with van der Waals surface area (Å²) in [5.74, 6) is -0.771. The molecule has 1 atom stereocenters. The van der Waals surface area contributed by atoms with E-state index in [2.05, 4.69) is 5.32 Å². The minimum Gasteiger partial charge on any atom is -0.444 e. The first-order valence-electron chi connectivity index (χ1n) is 8.23. The van der Waals surface area contributed by atoms with Gasteiger partial charge in [0.25, 0.3) is 0 Å². The molecule has 1 aliphatic rings. The average molecular weight is 350 g/mol. The van der Waals surface area contributed by atoms with Gasteiger partial charge in [-0.25, -0.2) is 9.18 Å². The fourth-order valence-electron chi connectivity index (χ4n) is 2.69. The molecule has 1 saturated heterocycles. The lowest BCUT2D eigenvalue weighted by atomic mass is 10.0. The molecule has 1 aromatic carbocycles. The molecule has 0 aliphatic carbocycles. The third-order valence-corrected chi connectivity index (χ3v) is 3.78. The number of carbonyl (C=O) groups is 3. The van der Waals surface area contributed by atoms with Crippen molar-refractivity contribution in [2.75, 3.05) is 13.1 Å². The molecular weight excluding hydrogens is 327 g/mol. The number of hydrogen-bond acceptors (Lipinski definition) is 4. The maximum atomic E-state index is 13.0. The summed E-state index contributed by atoms with van der Waals surface area (Å²) in [6.07, 6.45) is 0.131. The second-order valence-electron chi connectivity index (χ2n) is 6.94. The van der Waals surface area contributed by atoms with Gasteiger partial charge < -0.3 is 15.0 Å². The molecule has 1 unspecified atom stereocenters. The minimum atomic E-state index is -0.603. The smallest absolute Gasteiger partial charge is 0.407 e. The van der Waals surface area contributed by atoms with Crippen molar-refractivity contribution in [1.29, 1.82) is 0 Å². The summed E-state index contributed by atoms with van der Waals surface area (Å²) < 4.78 is 18.1. The van der Waals surface area contributed by atoms with E-state index in [1.165, 1.54) is 29.2 Å². The normalized spacial score (nSPS) is 17.5. The van der Waals surface area contributed by atoms with Gasteiger partial charge in [0.1, 0.15) is 11.4 Å². The Balaban J connectivity index is 1.94. The van der Waals surface area contributed by atoms with Crippen molar-refractivity contribution in [1.82, 2.24) is 10.2 Å². The van der Waals surface area contributed by atoms with Gasteiger partial charge in [0, 0.05) is 25.1 Å². The highest BCUT2D eigenvalue weighted by molar-refractivity contribution is 6.03. The van der Waals surface area contributed by atoms with Gasteiger partial charge in [0.2, 0.25) is 5.91 Å². The Morgan fingerprint density at radius 3 is 2.52 bits per heavy atom. The van der Waals surface area contributed by atoms with Crippen LogP contribution in [0.15, 0.2) is 24.3 Å². The van der Waals surface area contributed by atoms with Crippen molar-refractivity contribution in [2.45, 2.75) is 45.3 Å². The summed E-state index contributed by atoms with van der Waals surface area (Å²) in [5.41, 5.74) is -0.236. The molecule has 0 aromatic heterocycles. The second kappa shape index (κ2) is 7.63. The fourth-order valence-corrected chi connectivity index (χ4v) is 2.69. The van der Waals surface area contributed by atoms with Gasteiger partial charge >= 0.3 is 6.09 Å². The largest absolute Gasteiger partial charge is 0.444 e. The van der Waals surface area contributed by atoms with Crippen LogP contribution in [0.5, 0.6) is 0 Å². The predicted molar refractivity (Wildman–Crippen MR) is 89.7 cm³/mol. The van der Waals surface area contributed by atoms with Crippen LogP contribution in [0.1, 0.15) is 44.0 Å². The maximum absolute atomic E-state index is 13.0. The summed E-state index contributed by atoms with van der Waals surface area (Å²) in [6, 6.07) is 4.69. The van der Waals surface area contributed by atoms with Gasteiger partial charge in [-0.05, 0) is 51.5 Å². The number of halogens is 1. The van der Waals surface area contributed by atoms with Crippen LogP contribution in [0.25, 0.3) is 0 Å². The van der Waals surface area contributed by atoms with E-state index in [-0.39, 0.29) is 31.2 Å². The first-order chi connectivity index (χ1) is 11.7. The average Bonchev–Trinajstić information content (AvgIpc) is 2.87. The molecule has 1 fully saturated rings. The van der Waals surface area contributed by atoms with E-state index in [0.29, 0.717) is 12.0 Å². The number of carbonyl (C=O) groups excluding carboxylic acids is 3. The third-order valence-electron chi connectivity index (χ3n) is 3.78. The summed E-state index contributed by atoms with van der Waals surface area (Å²) >= 11 is 0. The van der Waals surface area contributed by atoms with Crippen molar-refractivity contribution >= 4 is 17.8 Å². The molecule has 6 nitrogen and oxygen atoms in total. The lowest BCUT2D eigenvalue weighted by Crippen LogP contribution is -2.44. The molecule has 0 bridgehead atoms. The molecule has 2 amide bonds. The van der Waals surface area contributed by atoms with Crippen LogP contribution in [0.2, 0.25) is 0 Å². The number of amides is 2. The van der Waals surface area contributed by atoms with E-state index in [0.717, 1.165) is 0 Å². The van der Waals surface area contributed by atoms with Gasteiger partial charge in [-0.2, -0.15) is 0 Å². The number of nitrogens with one attached hydrogen (secondary N) is 1. The van der Waals surface area contributed by atoms with Crippen LogP contribution in [-0.4, -0.2) is 47.4 Å². The van der Waals surface area contributed by atoms with Crippen molar-refractivity contribution in [3.63, 3.8) is 0 Å². The number of hydrogen-bond donors (Lipinski definition) is 1. The lowest BCUT2D eigenvalue weighted by Gasteiger charge is -2.25. The van der Waals surface area contributed by atoms with Gasteiger partial charge in [-0.1, -0.05) is 0 Å². The number of benzene rings is 1. The zero-order valence-corrected chi connectivity index (χ0v) is 14.7.